The molecule has 0 bridgehead atoms. The minimum atomic E-state index is 0.103. The van der Waals surface area contributed by atoms with Crippen molar-refractivity contribution in [3.8, 4) is 0 Å². The molecule has 1 aliphatic carbocycles. The van der Waals surface area contributed by atoms with Crippen molar-refractivity contribution in [3.05, 3.63) is 29.8 Å². The van der Waals surface area contributed by atoms with Crippen molar-refractivity contribution in [1.29, 1.82) is 0 Å². The Kier molecular flexibility index (Phi) is 4.61. The summed E-state index contributed by atoms with van der Waals surface area (Å²) in [5, 5.41) is 0. The van der Waals surface area contributed by atoms with Crippen molar-refractivity contribution < 1.29 is 4.74 Å². The molecule has 0 unspecified atom stereocenters. The highest BCUT2D eigenvalue weighted by molar-refractivity contribution is 5.47. The summed E-state index contributed by atoms with van der Waals surface area (Å²) in [6.45, 7) is 4.69. The molecule has 1 aromatic rings. The number of anilines is 1. The second-order valence-corrected chi connectivity index (χ2v) is 5.32. The molecular formula is C15H24N2O. The topological polar surface area (TPSA) is 38.5 Å². The van der Waals surface area contributed by atoms with E-state index < -0.39 is 0 Å². The van der Waals surface area contributed by atoms with Gasteiger partial charge in [0.05, 0.1) is 6.61 Å². The normalized spacial score (nSPS) is 16.6. The second-order valence-electron chi connectivity index (χ2n) is 5.32. The van der Waals surface area contributed by atoms with E-state index in [1.807, 2.05) is 6.92 Å². The van der Waals surface area contributed by atoms with Gasteiger partial charge in [-0.25, -0.2) is 0 Å². The lowest BCUT2D eigenvalue weighted by Gasteiger charge is -2.20. The molecule has 100 valence electrons. The predicted molar refractivity (Wildman–Crippen MR) is 75.9 cm³/mol. The highest BCUT2D eigenvalue weighted by Gasteiger charge is 2.20. The molecule has 0 saturated heterocycles. The maximum Gasteiger partial charge on any atom is 0.0641 e. The molecule has 2 N–H and O–H groups in total. The van der Waals surface area contributed by atoms with Crippen LogP contribution in [0.4, 0.5) is 5.69 Å². The van der Waals surface area contributed by atoms with E-state index in [9.17, 15) is 0 Å². The average Bonchev–Trinajstić information content (AvgIpc) is 3.18. The molecule has 0 spiro atoms. The van der Waals surface area contributed by atoms with Gasteiger partial charge in [0.25, 0.3) is 0 Å². The summed E-state index contributed by atoms with van der Waals surface area (Å²) in [6.07, 6.45) is 2.71. The van der Waals surface area contributed by atoms with E-state index in [0.29, 0.717) is 0 Å². The van der Waals surface area contributed by atoms with Crippen LogP contribution in [0.2, 0.25) is 0 Å². The minimum Gasteiger partial charge on any atom is -0.379 e. The third kappa shape index (κ3) is 4.00. The van der Waals surface area contributed by atoms with Crippen LogP contribution < -0.4 is 10.6 Å². The largest absolute Gasteiger partial charge is 0.379 e. The maximum atomic E-state index is 5.84. The summed E-state index contributed by atoms with van der Waals surface area (Å²) in [7, 11) is 2.10. The van der Waals surface area contributed by atoms with E-state index in [1.165, 1.54) is 24.1 Å². The Bertz CT molecular complexity index is 357. The Hall–Kier alpha value is -1.06. The number of hydrogen-bond donors (Lipinski definition) is 1. The fourth-order valence-corrected chi connectivity index (χ4v) is 1.90. The van der Waals surface area contributed by atoms with Gasteiger partial charge < -0.3 is 15.4 Å². The van der Waals surface area contributed by atoms with Gasteiger partial charge in [-0.3, -0.25) is 0 Å². The van der Waals surface area contributed by atoms with Gasteiger partial charge in [0.2, 0.25) is 0 Å². The Balaban J connectivity index is 1.74. The average molecular weight is 248 g/mol. The molecule has 0 heterocycles. The van der Waals surface area contributed by atoms with Gasteiger partial charge in [-0.05, 0) is 43.4 Å². The summed E-state index contributed by atoms with van der Waals surface area (Å²) < 4.78 is 5.65. The van der Waals surface area contributed by atoms with Gasteiger partial charge in [-0.1, -0.05) is 12.1 Å². The molecule has 3 heteroatoms. The third-order valence-electron chi connectivity index (χ3n) is 3.48. The zero-order chi connectivity index (χ0) is 13.0. The molecule has 3 nitrogen and oxygen atoms in total. The van der Waals surface area contributed by atoms with Crippen LogP contribution in [0.25, 0.3) is 0 Å². The Morgan fingerprint density at radius 2 is 2.00 bits per heavy atom. The Labute approximate surface area is 110 Å². The first-order valence-corrected chi connectivity index (χ1v) is 6.81. The molecule has 18 heavy (non-hydrogen) atoms. The minimum absolute atomic E-state index is 0.103. The second kappa shape index (κ2) is 6.21. The number of rotatable bonds is 7. The first kappa shape index (κ1) is 13.4. The molecule has 1 fully saturated rings. The molecule has 1 aromatic carbocycles. The lowest BCUT2D eigenvalue weighted by molar-refractivity contribution is 0.131. The zero-order valence-corrected chi connectivity index (χ0v) is 11.4. The molecule has 2 rings (SSSR count). The summed E-state index contributed by atoms with van der Waals surface area (Å²) in [5.74, 6) is 0.848. The van der Waals surface area contributed by atoms with Crippen LogP contribution in [-0.4, -0.2) is 26.8 Å². The van der Waals surface area contributed by atoms with Crippen LogP contribution >= 0.6 is 0 Å². The van der Waals surface area contributed by atoms with E-state index in [4.69, 9.17) is 10.5 Å². The predicted octanol–water partition coefficient (Wildman–Crippen LogP) is 2.57. The van der Waals surface area contributed by atoms with Crippen LogP contribution in [-0.2, 0) is 4.74 Å². The van der Waals surface area contributed by atoms with Gasteiger partial charge >= 0.3 is 0 Å². The highest BCUT2D eigenvalue weighted by Crippen LogP contribution is 2.28. The van der Waals surface area contributed by atoms with E-state index in [0.717, 1.165) is 25.7 Å². The summed E-state index contributed by atoms with van der Waals surface area (Å²) in [6, 6.07) is 8.55. The SMILES string of the molecule is C[C@H](N)c1ccc(N(C)CCOCC2CC2)cc1. The lowest BCUT2D eigenvalue weighted by Crippen LogP contribution is -2.23. The van der Waals surface area contributed by atoms with Gasteiger partial charge in [0.1, 0.15) is 0 Å². The quantitative estimate of drug-likeness (QED) is 0.754. The Morgan fingerprint density at radius 3 is 2.56 bits per heavy atom. The number of nitrogens with zero attached hydrogens (tertiary/aromatic N) is 1. The molecule has 0 radical (unpaired) electrons. The molecule has 1 atom stereocenters. The third-order valence-corrected chi connectivity index (χ3v) is 3.48. The Morgan fingerprint density at radius 1 is 1.33 bits per heavy atom. The van der Waals surface area contributed by atoms with Crippen LogP contribution in [0.1, 0.15) is 31.4 Å². The molecule has 1 saturated carbocycles. The zero-order valence-electron chi connectivity index (χ0n) is 11.4. The van der Waals surface area contributed by atoms with Crippen molar-refractivity contribution in [2.45, 2.75) is 25.8 Å². The van der Waals surface area contributed by atoms with E-state index >= 15 is 0 Å². The van der Waals surface area contributed by atoms with Crippen molar-refractivity contribution in [2.24, 2.45) is 11.7 Å². The van der Waals surface area contributed by atoms with Crippen molar-refractivity contribution in [3.63, 3.8) is 0 Å². The molecule has 0 amide bonds. The van der Waals surface area contributed by atoms with Crippen LogP contribution in [0.5, 0.6) is 0 Å². The fourth-order valence-electron chi connectivity index (χ4n) is 1.90. The van der Waals surface area contributed by atoms with Crippen molar-refractivity contribution in [2.75, 3.05) is 31.7 Å². The first-order chi connectivity index (χ1) is 8.66. The first-order valence-electron chi connectivity index (χ1n) is 6.81. The van der Waals surface area contributed by atoms with Gasteiger partial charge in [0.15, 0.2) is 0 Å². The van der Waals surface area contributed by atoms with Crippen molar-refractivity contribution in [1.82, 2.24) is 0 Å². The van der Waals surface area contributed by atoms with Gasteiger partial charge in [-0.2, -0.15) is 0 Å². The lowest BCUT2D eigenvalue weighted by atomic mass is 10.1. The van der Waals surface area contributed by atoms with Crippen LogP contribution in [0.15, 0.2) is 24.3 Å². The number of likely N-dealkylation sites (N-methyl/N-ethyl adjacent to an activating group) is 1. The number of hydrogen-bond acceptors (Lipinski definition) is 3. The van der Waals surface area contributed by atoms with E-state index in [-0.39, 0.29) is 6.04 Å². The van der Waals surface area contributed by atoms with Gasteiger partial charge in [-0.15, -0.1) is 0 Å². The molecule has 0 aromatic heterocycles. The molecule has 0 aliphatic heterocycles. The standard InChI is InChI=1S/C15H24N2O/c1-12(16)14-5-7-15(8-6-14)17(2)9-10-18-11-13-3-4-13/h5-8,12-13H,3-4,9-11,16H2,1-2H3/t12-/m0/s1. The number of benzene rings is 1. The smallest absolute Gasteiger partial charge is 0.0641 e. The van der Waals surface area contributed by atoms with E-state index in [1.54, 1.807) is 0 Å². The molecular weight excluding hydrogens is 224 g/mol. The number of nitrogens with two attached hydrogens (primary N) is 1. The van der Waals surface area contributed by atoms with Gasteiger partial charge in [0, 0.05) is 31.9 Å². The summed E-state index contributed by atoms with van der Waals surface area (Å²) in [5.41, 5.74) is 8.23. The van der Waals surface area contributed by atoms with E-state index in [2.05, 4.69) is 36.2 Å². The summed E-state index contributed by atoms with van der Waals surface area (Å²) >= 11 is 0. The maximum absolute atomic E-state index is 5.84. The molecule has 1 aliphatic rings. The van der Waals surface area contributed by atoms with Crippen molar-refractivity contribution >= 4 is 5.69 Å². The van der Waals surface area contributed by atoms with Crippen LogP contribution in [0.3, 0.4) is 0 Å². The fraction of sp³-hybridized carbons (Fsp3) is 0.600. The monoisotopic (exact) mass is 248 g/mol. The number of ether oxygens (including phenoxy) is 1. The highest BCUT2D eigenvalue weighted by atomic mass is 16.5. The summed E-state index contributed by atoms with van der Waals surface area (Å²) in [4.78, 5) is 2.22. The van der Waals surface area contributed by atoms with Crippen LogP contribution in [0, 0.1) is 5.92 Å².